The summed E-state index contributed by atoms with van der Waals surface area (Å²) in [6.07, 6.45) is 13.4. The van der Waals surface area contributed by atoms with Crippen LogP contribution in [0.1, 0.15) is 79.2 Å². The average molecular weight is 387 g/mol. The van der Waals surface area contributed by atoms with Crippen molar-refractivity contribution >= 4 is 0 Å². The Bertz CT molecular complexity index is 869. The lowest BCUT2D eigenvalue weighted by Crippen LogP contribution is -2.22. The molecule has 0 N–H and O–H groups in total. The lowest BCUT2D eigenvalue weighted by atomic mass is 9.70. The van der Waals surface area contributed by atoms with E-state index in [2.05, 4.69) is 77.1 Å². The SMILES string of the molecule is Cc1cc(C2CCC(C3C=CC(C)CC3)CC2)ccc1-c1cc(C)c(C)c(C)c1. The summed E-state index contributed by atoms with van der Waals surface area (Å²) in [5.41, 5.74) is 9.98. The molecule has 2 unspecified atom stereocenters. The average Bonchev–Trinajstić information content (AvgIpc) is 2.72. The Labute approximate surface area is 178 Å². The summed E-state index contributed by atoms with van der Waals surface area (Å²) in [7, 11) is 0. The fraction of sp³-hybridized carbons (Fsp3) is 0.517. The predicted octanol–water partition coefficient (Wildman–Crippen LogP) is 8.46. The molecular formula is C29H38. The molecule has 1 fully saturated rings. The van der Waals surface area contributed by atoms with Gasteiger partial charge in [-0.2, -0.15) is 0 Å². The molecule has 29 heavy (non-hydrogen) atoms. The first kappa shape index (κ1) is 20.5. The zero-order valence-corrected chi connectivity index (χ0v) is 19.1. The van der Waals surface area contributed by atoms with E-state index in [1.807, 2.05) is 0 Å². The molecule has 154 valence electrons. The summed E-state index contributed by atoms with van der Waals surface area (Å²) in [6.45, 7) is 11.3. The second kappa shape index (κ2) is 8.50. The Morgan fingerprint density at radius 3 is 1.97 bits per heavy atom. The minimum atomic E-state index is 0.756. The highest BCUT2D eigenvalue weighted by Crippen LogP contribution is 2.42. The van der Waals surface area contributed by atoms with Crippen molar-refractivity contribution < 1.29 is 0 Å². The van der Waals surface area contributed by atoms with Gasteiger partial charge in [-0.1, -0.05) is 49.4 Å². The maximum Gasteiger partial charge on any atom is -0.0154 e. The number of aryl methyl sites for hydroxylation is 3. The monoisotopic (exact) mass is 386 g/mol. The summed E-state index contributed by atoms with van der Waals surface area (Å²) in [6, 6.07) is 12.0. The molecule has 2 aromatic carbocycles. The van der Waals surface area contributed by atoms with Gasteiger partial charge in [0, 0.05) is 0 Å². The van der Waals surface area contributed by atoms with Crippen molar-refractivity contribution in [1.82, 2.24) is 0 Å². The molecule has 0 aliphatic heterocycles. The fourth-order valence-electron chi connectivity index (χ4n) is 5.71. The molecule has 0 bridgehead atoms. The highest BCUT2D eigenvalue weighted by Gasteiger charge is 2.28. The molecule has 2 aliphatic carbocycles. The second-order valence-electron chi connectivity index (χ2n) is 10.0. The fourth-order valence-corrected chi connectivity index (χ4v) is 5.71. The van der Waals surface area contributed by atoms with Crippen LogP contribution in [-0.2, 0) is 0 Å². The molecule has 0 spiro atoms. The maximum absolute atomic E-state index is 2.55. The van der Waals surface area contributed by atoms with Gasteiger partial charge >= 0.3 is 0 Å². The van der Waals surface area contributed by atoms with Gasteiger partial charge in [0.05, 0.1) is 0 Å². The van der Waals surface area contributed by atoms with Crippen LogP contribution >= 0.6 is 0 Å². The molecule has 0 saturated heterocycles. The van der Waals surface area contributed by atoms with Gasteiger partial charge in [0.15, 0.2) is 0 Å². The largest absolute Gasteiger partial charge is 0.0854 e. The lowest BCUT2D eigenvalue weighted by Gasteiger charge is -2.35. The quantitative estimate of drug-likeness (QED) is 0.464. The molecule has 4 rings (SSSR count). The van der Waals surface area contributed by atoms with Crippen LogP contribution in [-0.4, -0.2) is 0 Å². The van der Waals surface area contributed by atoms with E-state index in [0.717, 1.165) is 23.7 Å². The van der Waals surface area contributed by atoms with Gasteiger partial charge in [-0.25, -0.2) is 0 Å². The number of hydrogen-bond acceptors (Lipinski definition) is 0. The molecule has 0 aromatic heterocycles. The topological polar surface area (TPSA) is 0 Å². The Hall–Kier alpha value is -1.82. The van der Waals surface area contributed by atoms with E-state index in [-0.39, 0.29) is 0 Å². The molecule has 2 aliphatic rings. The minimum Gasteiger partial charge on any atom is -0.0854 e. The third-order valence-electron chi connectivity index (χ3n) is 7.98. The number of rotatable bonds is 3. The van der Waals surface area contributed by atoms with Gasteiger partial charge in [-0.15, -0.1) is 0 Å². The highest BCUT2D eigenvalue weighted by molar-refractivity contribution is 5.70. The Morgan fingerprint density at radius 1 is 0.690 bits per heavy atom. The van der Waals surface area contributed by atoms with Crippen molar-refractivity contribution in [2.75, 3.05) is 0 Å². The van der Waals surface area contributed by atoms with E-state index < -0.39 is 0 Å². The third-order valence-corrected chi connectivity index (χ3v) is 7.98. The van der Waals surface area contributed by atoms with Crippen molar-refractivity contribution in [3.8, 4) is 11.1 Å². The molecule has 0 heterocycles. The summed E-state index contributed by atoms with van der Waals surface area (Å²) in [5.74, 6) is 3.33. The van der Waals surface area contributed by atoms with Crippen LogP contribution in [0.15, 0.2) is 42.5 Å². The Morgan fingerprint density at radius 2 is 1.38 bits per heavy atom. The first-order valence-electron chi connectivity index (χ1n) is 11.8. The predicted molar refractivity (Wildman–Crippen MR) is 127 cm³/mol. The van der Waals surface area contributed by atoms with Gasteiger partial charge in [0.25, 0.3) is 0 Å². The smallest absolute Gasteiger partial charge is 0.0154 e. The normalized spacial score (nSPS) is 27.2. The molecule has 0 radical (unpaired) electrons. The van der Waals surface area contributed by atoms with Gasteiger partial charge in [-0.05, 0) is 129 Å². The van der Waals surface area contributed by atoms with Crippen molar-refractivity contribution in [2.45, 2.75) is 79.1 Å². The first-order valence-corrected chi connectivity index (χ1v) is 11.8. The molecule has 0 nitrogen and oxygen atoms in total. The van der Waals surface area contributed by atoms with E-state index in [4.69, 9.17) is 0 Å². The van der Waals surface area contributed by atoms with Gasteiger partial charge in [-0.3, -0.25) is 0 Å². The number of benzene rings is 2. The molecule has 1 saturated carbocycles. The van der Waals surface area contributed by atoms with Crippen LogP contribution in [0.25, 0.3) is 11.1 Å². The zero-order valence-electron chi connectivity index (χ0n) is 19.1. The van der Waals surface area contributed by atoms with Gasteiger partial charge in [0.2, 0.25) is 0 Å². The van der Waals surface area contributed by atoms with Crippen LogP contribution in [0.5, 0.6) is 0 Å². The summed E-state index contributed by atoms with van der Waals surface area (Å²) in [4.78, 5) is 0. The van der Waals surface area contributed by atoms with E-state index in [1.54, 1.807) is 5.56 Å². The zero-order chi connectivity index (χ0) is 20.5. The Balaban J connectivity index is 1.46. The van der Waals surface area contributed by atoms with E-state index in [0.29, 0.717) is 0 Å². The lowest BCUT2D eigenvalue weighted by molar-refractivity contribution is 0.242. The minimum absolute atomic E-state index is 0.756. The van der Waals surface area contributed by atoms with Gasteiger partial charge in [0.1, 0.15) is 0 Å². The summed E-state index contributed by atoms with van der Waals surface area (Å²) in [5, 5.41) is 0. The van der Waals surface area contributed by atoms with Crippen molar-refractivity contribution in [1.29, 1.82) is 0 Å². The number of allylic oxidation sites excluding steroid dienone is 2. The maximum atomic E-state index is 2.55. The summed E-state index contributed by atoms with van der Waals surface area (Å²) < 4.78 is 0. The van der Waals surface area contributed by atoms with Crippen LogP contribution in [0.2, 0.25) is 0 Å². The van der Waals surface area contributed by atoms with E-state index >= 15 is 0 Å². The second-order valence-corrected chi connectivity index (χ2v) is 10.0. The van der Waals surface area contributed by atoms with Crippen molar-refractivity contribution in [3.63, 3.8) is 0 Å². The molecule has 2 aromatic rings. The third kappa shape index (κ3) is 4.37. The Kier molecular flexibility index (Phi) is 6.00. The molecule has 0 heteroatoms. The van der Waals surface area contributed by atoms with Crippen LogP contribution < -0.4 is 0 Å². The highest BCUT2D eigenvalue weighted by atomic mass is 14.3. The standard InChI is InChI=1S/C29H38/c1-19-6-8-24(9-7-19)25-10-12-26(13-11-25)27-14-15-29(22(4)18-27)28-16-20(2)23(5)21(3)17-28/h6,8,14-19,24-26H,7,9-13H2,1-5H3. The molecular weight excluding hydrogens is 348 g/mol. The van der Waals surface area contributed by atoms with Crippen molar-refractivity contribution in [2.24, 2.45) is 17.8 Å². The van der Waals surface area contributed by atoms with E-state index in [9.17, 15) is 0 Å². The first-order chi connectivity index (χ1) is 13.9. The van der Waals surface area contributed by atoms with Crippen LogP contribution in [0.3, 0.4) is 0 Å². The van der Waals surface area contributed by atoms with Crippen LogP contribution in [0, 0.1) is 45.4 Å². The molecule has 0 amide bonds. The number of hydrogen-bond donors (Lipinski definition) is 0. The molecule has 2 atom stereocenters. The van der Waals surface area contributed by atoms with E-state index in [1.165, 1.54) is 71.9 Å². The van der Waals surface area contributed by atoms with Crippen LogP contribution in [0.4, 0.5) is 0 Å². The van der Waals surface area contributed by atoms with Crippen molar-refractivity contribution in [3.05, 3.63) is 70.3 Å². The summed E-state index contributed by atoms with van der Waals surface area (Å²) >= 11 is 0. The van der Waals surface area contributed by atoms with Gasteiger partial charge < -0.3 is 0 Å².